The largest absolute Gasteiger partial charge is 0.368 e. The molecule has 13 heavy (non-hydrogen) atoms. The number of hydrogen-bond donors (Lipinski definition) is 2. The molecule has 0 fully saturated rings. The Bertz CT molecular complexity index is 160. The summed E-state index contributed by atoms with van der Waals surface area (Å²) in [6, 6.07) is 0. The monoisotopic (exact) mass is 204 g/mol. The number of hydrogen-bond acceptors (Lipinski definition) is 3. The summed E-state index contributed by atoms with van der Waals surface area (Å²) in [6.07, 6.45) is 2.83. The van der Waals surface area contributed by atoms with Gasteiger partial charge in [0.1, 0.15) is 0 Å². The van der Waals surface area contributed by atoms with E-state index < -0.39 is 11.4 Å². The van der Waals surface area contributed by atoms with Gasteiger partial charge in [0.25, 0.3) is 0 Å². The van der Waals surface area contributed by atoms with Crippen molar-refractivity contribution in [3.63, 3.8) is 0 Å². The molecule has 0 saturated heterocycles. The number of rotatable bonds is 7. The quantitative estimate of drug-likeness (QED) is 0.610. The van der Waals surface area contributed by atoms with Gasteiger partial charge in [0.2, 0.25) is 5.91 Å². The number of thioether (sulfide) groups is 1. The van der Waals surface area contributed by atoms with Gasteiger partial charge >= 0.3 is 0 Å². The molecule has 1 amide bonds. The molecular weight excluding hydrogens is 184 g/mol. The molecule has 0 radical (unpaired) electrons. The molecule has 0 saturated carbocycles. The van der Waals surface area contributed by atoms with Crippen LogP contribution in [-0.2, 0) is 4.79 Å². The molecule has 0 bridgehead atoms. The van der Waals surface area contributed by atoms with Crippen LogP contribution in [0.2, 0.25) is 0 Å². The van der Waals surface area contributed by atoms with Gasteiger partial charge < -0.3 is 11.5 Å². The second kappa shape index (κ2) is 6.27. The molecule has 3 nitrogen and oxygen atoms in total. The van der Waals surface area contributed by atoms with E-state index in [9.17, 15) is 4.79 Å². The van der Waals surface area contributed by atoms with Crippen molar-refractivity contribution in [2.24, 2.45) is 11.5 Å². The van der Waals surface area contributed by atoms with Crippen molar-refractivity contribution in [2.45, 2.75) is 38.6 Å². The first-order valence-electron chi connectivity index (χ1n) is 4.67. The van der Waals surface area contributed by atoms with Crippen molar-refractivity contribution in [2.75, 3.05) is 11.5 Å². The lowest BCUT2D eigenvalue weighted by atomic mass is 9.97. The average molecular weight is 204 g/mol. The summed E-state index contributed by atoms with van der Waals surface area (Å²) in [5.74, 6) is 1.83. The van der Waals surface area contributed by atoms with Gasteiger partial charge in [-0.15, -0.1) is 0 Å². The lowest BCUT2D eigenvalue weighted by Crippen LogP contribution is -2.49. The summed E-state index contributed by atoms with van der Waals surface area (Å²) in [4.78, 5) is 10.8. The fourth-order valence-electron chi connectivity index (χ4n) is 0.911. The van der Waals surface area contributed by atoms with Crippen LogP contribution in [0.3, 0.4) is 0 Å². The highest BCUT2D eigenvalue weighted by Crippen LogP contribution is 2.12. The van der Waals surface area contributed by atoms with E-state index in [1.807, 2.05) is 11.8 Å². The van der Waals surface area contributed by atoms with Crippen molar-refractivity contribution in [3.8, 4) is 0 Å². The van der Waals surface area contributed by atoms with E-state index in [2.05, 4.69) is 6.92 Å². The predicted molar refractivity (Wildman–Crippen MR) is 58.6 cm³/mol. The van der Waals surface area contributed by atoms with Crippen LogP contribution in [0, 0.1) is 0 Å². The van der Waals surface area contributed by atoms with Crippen LogP contribution >= 0.6 is 11.8 Å². The highest BCUT2D eigenvalue weighted by molar-refractivity contribution is 7.99. The summed E-state index contributed by atoms with van der Waals surface area (Å²) >= 11 is 1.90. The number of carbonyl (C=O) groups is 1. The minimum Gasteiger partial charge on any atom is -0.368 e. The standard InChI is InChI=1S/C9H20N2OS/c1-3-6-13-7-4-5-9(2,11)8(10)12/h3-7,11H2,1-2H3,(H2,10,12). The molecule has 0 aromatic carbocycles. The van der Waals surface area contributed by atoms with Gasteiger partial charge in [0.05, 0.1) is 5.54 Å². The van der Waals surface area contributed by atoms with E-state index in [0.29, 0.717) is 6.42 Å². The average Bonchev–Trinajstić information content (AvgIpc) is 2.03. The molecule has 0 aliphatic heterocycles. The normalized spacial score (nSPS) is 15.3. The molecule has 0 aliphatic rings. The van der Waals surface area contributed by atoms with Gasteiger partial charge in [-0.1, -0.05) is 6.92 Å². The predicted octanol–water partition coefficient (Wildman–Crippen LogP) is 1.11. The molecular formula is C9H20N2OS. The molecule has 1 unspecified atom stereocenters. The zero-order valence-electron chi connectivity index (χ0n) is 8.51. The number of amides is 1. The maximum Gasteiger partial charge on any atom is 0.237 e. The van der Waals surface area contributed by atoms with Crippen LogP contribution in [0.1, 0.15) is 33.1 Å². The van der Waals surface area contributed by atoms with Crippen LogP contribution in [0.5, 0.6) is 0 Å². The third-order valence-corrected chi connectivity index (χ3v) is 3.17. The molecule has 4 N–H and O–H groups in total. The van der Waals surface area contributed by atoms with Crippen LogP contribution in [0.4, 0.5) is 0 Å². The van der Waals surface area contributed by atoms with E-state index in [-0.39, 0.29) is 0 Å². The topological polar surface area (TPSA) is 69.1 Å². The second-order valence-electron chi connectivity index (χ2n) is 3.50. The summed E-state index contributed by atoms with van der Waals surface area (Å²) in [7, 11) is 0. The summed E-state index contributed by atoms with van der Waals surface area (Å²) in [5.41, 5.74) is 10.0. The van der Waals surface area contributed by atoms with Crippen molar-refractivity contribution in [1.82, 2.24) is 0 Å². The number of carbonyl (C=O) groups excluding carboxylic acids is 1. The zero-order chi connectivity index (χ0) is 10.3. The summed E-state index contributed by atoms with van der Waals surface area (Å²) in [6.45, 7) is 3.85. The Morgan fingerprint density at radius 3 is 2.54 bits per heavy atom. The summed E-state index contributed by atoms with van der Waals surface area (Å²) < 4.78 is 0. The Kier molecular flexibility index (Phi) is 6.16. The molecule has 4 heteroatoms. The van der Waals surface area contributed by atoms with Gasteiger partial charge in [0.15, 0.2) is 0 Å². The number of primary amides is 1. The maximum atomic E-state index is 10.8. The molecule has 0 heterocycles. The van der Waals surface area contributed by atoms with Crippen LogP contribution in [0.15, 0.2) is 0 Å². The molecule has 0 aliphatic carbocycles. The first-order chi connectivity index (χ1) is 6.00. The van der Waals surface area contributed by atoms with E-state index in [0.717, 1.165) is 12.2 Å². The van der Waals surface area contributed by atoms with Gasteiger partial charge in [-0.25, -0.2) is 0 Å². The van der Waals surface area contributed by atoms with E-state index in [1.54, 1.807) is 6.92 Å². The molecule has 78 valence electrons. The highest BCUT2D eigenvalue weighted by atomic mass is 32.2. The Hall–Kier alpha value is -0.220. The van der Waals surface area contributed by atoms with Crippen molar-refractivity contribution >= 4 is 17.7 Å². The van der Waals surface area contributed by atoms with Crippen LogP contribution in [0.25, 0.3) is 0 Å². The smallest absolute Gasteiger partial charge is 0.237 e. The Morgan fingerprint density at radius 2 is 2.08 bits per heavy atom. The van der Waals surface area contributed by atoms with E-state index >= 15 is 0 Å². The number of nitrogens with two attached hydrogens (primary N) is 2. The van der Waals surface area contributed by atoms with E-state index in [4.69, 9.17) is 11.5 Å². The Morgan fingerprint density at radius 1 is 1.46 bits per heavy atom. The lowest BCUT2D eigenvalue weighted by molar-refractivity contribution is -0.122. The fraction of sp³-hybridized carbons (Fsp3) is 0.889. The van der Waals surface area contributed by atoms with Gasteiger partial charge in [-0.3, -0.25) is 4.79 Å². The van der Waals surface area contributed by atoms with Crippen molar-refractivity contribution in [3.05, 3.63) is 0 Å². The zero-order valence-corrected chi connectivity index (χ0v) is 9.32. The van der Waals surface area contributed by atoms with E-state index in [1.165, 1.54) is 12.2 Å². The molecule has 1 atom stereocenters. The van der Waals surface area contributed by atoms with Crippen molar-refractivity contribution in [1.29, 1.82) is 0 Å². The molecule has 0 rings (SSSR count). The molecule has 0 aromatic rings. The van der Waals surface area contributed by atoms with Crippen LogP contribution in [-0.4, -0.2) is 23.0 Å². The third-order valence-electron chi connectivity index (χ3n) is 1.90. The lowest BCUT2D eigenvalue weighted by Gasteiger charge is -2.19. The summed E-state index contributed by atoms with van der Waals surface area (Å²) in [5, 5.41) is 0. The van der Waals surface area contributed by atoms with Gasteiger partial charge in [0, 0.05) is 0 Å². The SMILES string of the molecule is CCCSCCCC(C)(N)C(N)=O. The Balaban J connectivity index is 3.46. The minimum absolute atomic E-state index is 0.409. The van der Waals surface area contributed by atoms with Crippen LogP contribution < -0.4 is 11.5 Å². The second-order valence-corrected chi connectivity index (χ2v) is 4.72. The van der Waals surface area contributed by atoms with Gasteiger partial charge in [-0.05, 0) is 37.7 Å². The first kappa shape index (κ1) is 12.8. The maximum absolute atomic E-state index is 10.8. The first-order valence-corrected chi connectivity index (χ1v) is 5.82. The Labute approximate surface area is 84.6 Å². The van der Waals surface area contributed by atoms with Gasteiger partial charge in [-0.2, -0.15) is 11.8 Å². The fourth-order valence-corrected chi connectivity index (χ4v) is 1.75. The third kappa shape index (κ3) is 5.93. The molecule has 0 spiro atoms. The van der Waals surface area contributed by atoms with Crippen molar-refractivity contribution < 1.29 is 4.79 Å². The molecule has 0 aromatic heterocycles. The minimum atomic E-state index is -0.827. The highest BCUT2D eigenvalue weighted by Gasteiger charge is 2.24.